The summed E-state index contributed by atoms with van der Waals surface area (Å²) in [5.74, 6) is -2.61. The van der Waals surface area contributed by atoms with Gasteiger partial charge in [0.2, 0.25) is 5.91 Å². The molecule has 2 atom stereocenters. The molecule has 1 saturated heterocycles. The highest BCUT2D eigenvalue weighted by Crippen LogP contribution is 2.46. The van der Waals surface area contributed by atoms with E-state index in [1.54, 1.807) is 6.07 Å². The largest absolute Gasteiger partial charge is 0.543 e. The third-order valence-corrected chi connectivity index (χ3v) is 6.58. The topological polar surface area (TPSA) is 116 Å². The maximum atomic E-state index is 12.8. The predicted molar refractivity (Wildman–Crippen MR) is 96.3 cm³/mol. The van der Waals surface area contributed by atoms with Crippen molar-refractivity contribution >= 4 is 46.7 Å². The van der Waals surface area contributed by atoms with Crippen molar-refractivity contribution in [2.45, 2.75) is 30.9 Å². The molecule has 0 aliphatic carbocycles. The van der Waals surface area contributed by atoms with Gasteiger partial charge in [0, 0.05) is 24.2 Å². The summed E-state index contributed by atoms with van der Waals surface area (Å²) in [5, 5.41) is 15.3. The van der Waals surface area contributed by atoms with Crippen LogP contribution in [0.1, 0.15) is 18.2 Å². The number of carbonyl (C=O) groups excluding carboxylic acids is 4. The normalized spacial score (nSPS) is 24.3. The SMILES string of the molecule is CO[C@@]1(NC(=O)Cc2cccs2)C(=O)N2C(C(=O)[O-])=C(CC(C)=O)CSC21. The van der Waals surface area contributed by atoms with Gasteiger partial charge < -0.3 is 20.0 Å². The molecule has 0 aromatic carbocycles. The molecule has 8 nitrogen and oxygen atoms in total. The van der Waals surface area contributed by atoms with Crippen LogP contribution in [0.15, 0.2) is 28.8 Å². The summed E-state index contributed by atoms with van der Waals surface area (Å²) in [6.45, 7) is 1.35. The zero-order valence-corrected chi connectivity index (χ0v) is 16.3. The van der Waals surface area contributed by atoms with Crippen molar-refractivity contribution in [3.63, 3.8) is 0 Å². The molecule has 10 heteroatoms. The third-order valence-electron chi connectivity index (χ3n) is 4.33. The van der Waals surface area contributed by atoms with Crippen LogP contribution in [0.2, 0.25) is 0 Å². The molecule has 1 aromatic heterocycles. The van der Waals surface area contributed by atoms with Gasteiger partial charge in [-0.3, -0.25) is 19.3 Å². The number of nitrogens with zero attached hydrogens (tertiary/aromatic N) is 1. The number of carboxylic acids is 1. The smallest absolute Gasteiger partial charge is 0.284 e. The van der Waals surface area contributed by atoms with Crippen LogP contribution in [0.3, 0.4) is 0 Å². The predicted octanol–water partition coefficient (Wildman–Crippen LogP) is -0.352. The van der Waals surface area contributed by atoms with Gasteiger partial charge in [-0.1, -0.05) is 6.07 Å². The van der Waals surface area contributed by atoms with E-state index in [0.717, 1.165) is 9.78 Å². The van der Waals surface area contributed by atoms with Crippen molar-refractivity contribution in [1.29, 1.82) is 0 Å². The van der Waals surface area contributed by atoms with Crippen molar-refractivity contribution in [3.05, 3.63) is 33.7 Å². The first kappa shape index (κ1) is 19.6. The monoisotopic (exact) mass is 409 g/mol. The lowest BCUT2D eigenvalue weighted by Gasteiger charge is -2.56. The Labute approximate surface area is 163 Å². The molecule has 0 saturated carbocycles. The molecule has 0 radical (unpaired) electrons. The highest BCUT2D eigenvalue weighted by Gasteiger charge is 2.65. The molecule has 1 N–H and O–H groups in total. The van der Waals surface area contributed by atoms with E-state index < -0.39 is 28.9 Å². The molecule has 1 fully saturated rings. The van der Waals surface area contributed by atoms with Gasteiger partial charge in [-0.25, -0.2) is 0 Å². The second kappa shape index (κ2) is 7.45. The van der Waals surface area contributed by atoms with Gasteiger partial charge in [0.15, 0.2) is 0 Å². The maximum Gasteiger partial charge on any atom is 0.284 e. The lowest BCUT2D eigenvalue weighted by Crippen LogP contribution is -2.81. The number of aliphatic carboxylic acids is 1. The van der Waals surface area contributed by atoms with Gasteiger partial charge in [-0.2, -0.15) is 0 Å². The standard InChI is InChI=1S/C17H18N2O6S2/c1-9(20)6-10-8-27-16-17(25-2,15(24)19(16)13(10)14(22)23)18-12(21)7-11-4-3-5-26-11/h3-5,16H,6-8H2,1-2H3,(H,18,21)(H,22,23)/p-1/t16?,17-/m0/s1. The molecular weight excluding hydrogens is 392 g/mol. The van der Waals surface area contributed by atoms with E-state index in [-0.39, 0.29) is 30.1 Å². The van der Waals surface area contributed by atoms with Crippen LogP contribution in [0.25, 0.3) is 0 Å². The maximum absolute atomic E-state index is 12.8. The average molecular weight is 409 g/mol. The number of nitrogens with one attached hydrogen (secondary N) is 1. The number of hydrogen-bond acceptors (Lipinski definition) is 8. The van der Waals surface area contributed by atoms with E-state index in [4.69, 9.17) is 4.74 Å². The van der Waals surface area contributed by atoms with Crippen LogP contribution in [0, 0.1) is 0 Å². The summed E-state index contributed by atoms with van der Waals surface area (Å²) >= 11 is 2.65. The van der Waals surface area contributed by atoms with Gasteiger partial charge in [0.05, 0.1) is 18.1 Å². The van der Waals surface area contributed by atoms with Crippen molar-refractivity contribution in [3.8, 4) is 0 Å². The average Bonchev–Trinajstić information content (AvgIpc) is 3.11. The van der Waals surface area contributed by atoms with E-state index in [2.05, 4.69) is 5.32 Å². The fraction of sp³-hybridized carbons (Fsp3) is 0.412. The first-order chi connectivity index (χ1) is 12.8. The van der Waals surface area contributed by atoms with E-state index in [9.17, 15) is 24.3 Å². The van der Waals surface area contributed by atoms with Crippen molar-refractivity contribution in [2.75, 3.05) is 12.9 Å². The number of thioether (sulfide) groups is 1. The molecule has 0 spiro atoms. The minimum atomic E-state index is -1.64. The summed E-state index contributed by atoms with van der Waals surface area (Å²) in [5.41, 5.74) is -1.62. The number of Topliss-reactive ketones (excluding diaryl/α,β-unsaturated/α-hetero) is 1. The lowest BCUT2D eigenvalue weighted by atomic mass is 9.96. The Morgan fingerprint density at radius 3 is 2.70 bits per heavy atom. The number of carbonyl (C=O) groups is 4. The highest BCUT2D eigenvalue weighted by molar-refractivity contribution is 8.00. The Balaban J connectivity index is 1.84. The molecule has 2 aliphatic heterocycles. The number of ketones is 1. The summed E-state index contributed by atoms with van der Waals surface area (Å²) in [7, 11) is 1.29. The number of hydrogen-bond donors (Lipinski definition) is 1. The van der Waals surface area contributed by atoms with E-state index >= 15 is 0 Å². The van der Waals surface area contributed by atoms with Crippen molar-refractivity contribution in [1.82, 2.24) is 10.2 Å². The minimum absolute atomic E-state index is 0.0719. The number of fused-ring (bicyclic) bond motifs is 1. The molecule has 2 amide bonds. The number of thiophene rings is 1. The fourth-order valence-corrected chi connectivity index (χ4v) is 5.33. The lowest BCUT2D eigenvalue weighted by molar-refractivity contribution is -0.302. The van der Waals surface area contributed by atoms with Crippen LogP contribution < -0.4 is 10.4 Å². The summed E-state index contributed by atoms with van der Waals surface area (Å²) < 4.78 is 5.35. The summed E-state index contributed by atoms with van der Waals surface area (Å²) in [4.78, 5) is 50.1. The number of rotatable bonds is 7. The Morgan fingerprint density at radius 2 is 2.15 bits per heavy atom. The highest BCUT2D eigenvalue weighted by atomic mass is 32.2. The molecule has 3 rings (SSSR count). The zero-order chi connectivity index (χ0) is 19.8. The van der Waals surface area contributed by atoms with E-state index in [1.807, 2.05) is 11.4 Å². The van der Waals surface area contributed by atoms with Gasteiger partial charge in [0.1, 0.15) is 11.2 Å². The van der Waals surface area contributed by atoms with Crippen LogP contribution in [0.5, 0.6) is 0 Å². The minimum Gasteiger partial charge on any atom is -0.543 e. The molecule has 2 aliphatic rings. The molecule has 144 valence electrons. The Bertz CT molecular complexity index is 834. The van der Waals surface area contributed by atoms with Gasteiger partial charge in [0.25, 0.3) is 11.6 Å². The molecule has 1 aromatic rings. The first-order valence-electron chi connectivity index (χ1n) is 8.06. The van der Waals surface area contributed by atoms with Crippen LogP contribution in [0.4, 0.5) is 0 Å². The van der Waals surface area contributed by atoms with Crippen LogP contribution in [-0.2, 0) is 30.3 Å². The number of amides is 2. The second-order valence-electron chi connectivity index (χ2n) is 6.20. The summed E-state index contributed by atoms with van der Waals surface area (Å²) in [6, 6.07) is 3.62. The Kier molecular flexibility index (Phi) is 5.41. The molecule has 0 bridgehead atoms. The van der Waals surface area contributed by atoms with Crippen LogP contribution in [-0.4, -0.2) is 52.4 Å². The van der Waals surface area contributed by atoms with Gasteiger partial charge in [-0.05, 0) is 23.9 Å². The fourth-order valence-electron chi connectivity index (χ4n) is 3.19. The quantitative estimate of drug-likeness (QED) is 0.483. The molecular formula is C17H17N2O6S2-. The van der Waals surface area contributed by atoms with Crippen LogP contribution >= 0.6 is 23.1 Å². The number of methoxy groups -OCH3 is 1. The first-order valence-corrected chi connectivity index (χ1v) is 9.99. The molecule has 27 heavy (non-hydrogen) atoms. The van der Waals surface area contributed by atoms with E-state index in [0.29, 0.717) is 5.57 Å². The van der Waals surface area contributed by atoms with Crippen molar-refractivity contribution < 1.29 is 29.0 Å². The zero-order valence-electron chi connectivity index (χ0n) is 14.6. The van der Waals surface area contributed by atoms with E-state index in [1.165, 1.54) is 37.1 Å². The van der Waals surface area contributed by atoms with Gasteiger partial charge in [-0.15, -0.1) is 23.1 Å². The van der Waals surface area contributed by atoms with Crippen molar-refractivity contribution in [2.24, 2.45) is 0 Å². The number of carboxylic acid groups (broad SMARTS) is 1. The Morgan fingerprint density at radius 1 is 1.41 bits per heavy atom. The third kappa shape index (κ3) is 3.40. The second-order valence-corrected chi connectivity index (χ2v) is 8.30. The summed E-state index contributed by atoms with van der Waals surface area (Å²) in [6.07, 6.45) is 0.0176. The number of β-lactam (4-membered cyclic amide) rings is 1. The Hall–Kier alpha value is -2.17. The van der Waals surface area contributed by atoms with Gasteiger partial charge >= 0.3 is 0 Å². The number of ether oxygens (including phenoxy) is 1. The molecule has 3 heterocycles. The molecule has 1 unspecified atom stereocenters.